The molecule has 0 spiro atoms. The van der Waals surface area contributed by atoms with Crippen LogP contribution in [0.1, 0.15) is 78.6 Å². The number of aliphatic hydroxyl groups excluding tert-OH is 2. The Hall–Kier alpha value is -1.47. The molecule has 0 amide bonds. The Morgan fingerprint density at radius 3 is 2.55 bits per heavy atom. The summed E-state index contributed by atoms with van der Waals surface area (Å²) >= 11 is 0. The number of rotatable bonds is 7. The summed E-state index contributed by atoms with van der Waals surface area (Å²) in [6.45, 7) is 10.3. The molecule has 0 saturated heterocycles. The summed E-state index contributed by atoms with van der Waals surface area (Å²) < 4.78 is 0. The van der Waals surface area contributed by atoms with Crippen molar-refractivity contribution in [2.24, 2.45) is 29.1 Å². The van der Waals surface area contributed by atoms with Gasteiger partial charge in [0.2, 0.25) is 5.79 Å². The molecule has 0 aromatic heterocycles. The minimum Gasteiger partial charge on any atom is -0.481 e. The Kier molecular flexibility index (Phi) is 7.94. The van der Waals surface area contributed by atoms with Gasteiger partial charge in [-0.2, -0.15) is 0 Å². The fraction of sp³-hybridized carbons (Fsp3) is 0.741. The number of hydrogen-bond donors (Lipinski definition) is 5. The highest BCUT2D eigenvalue weighted by molar-refractivity contribution is 5.69. The highest BCUT2D eigenvalue weighted by atomic mass is 16.5. The van der Waals surface area contributed by atoms with E-state index < -0.39 is 24.0 Å². The van der Waals surface area contributed by atoms with Gasteiger partial charge in [-0.05, 0) is 67.3 Å². The molecule has 0 aromatic rings. The van der Waals surface area contributed by atoms with Crippen molar-refractivity contribution in [2.75, 3.05) is 0 Å². The molecule has 0 heterocycles. The molecule has 7 atom stereocenters. The second-order valence-electron chi connectivity index (χ2n) is 11.1. The van der Waals surface area contributed by atoms with Crippen molar-refractivity contribution in [3.63, 3.8) is 0 Å². The highest BCUT2D eigenvalue weighted by Gasteiger charge is 2.50. The van der Waals surface area contributed by atoms with E-state index in [-0.39, 0.29) is 23.3 Å². The van der Waals surface area contributed by atoms with E-state index >= 15 is 0 Å². The van der Waals surface area contributed by atoms with Gasteiger partial charge in [-0.3, -0.25) is 4.79 Å². The van der Waals surface area contributed by atoms with Crippen LogP contribution in [0.3, 0.4) is 0 Å². The normalized spacial score (nSPS) is 38.3. The third-order valence-corrected chi connectivity index (χ3v) is 8.98. The Balaban J connectivity index is 1.71. The number of aliphatic hydroxyl groups is 4. The molecule has 3 rings (SSSR count). The van der Waals surface area contributed by atoms with Crippen molar-refractivity contribution in [3.8, 4) is 0 Å². The summed E-state index contributed by atoms with van der Waals surface area (Å²) in [5.41, 5.74) is 2.20. The van der Waals surface area contributed by atoms with Crippen molar-refractivity contribution >= 4 is 5.97 Å². The van der Waals surface area contributed by atoms with Crippen LogP contribution in [0.2, 0.25) is 0 Å². The summed E-state index contributed by atoms with van der Waals surface area (Å²) in [6.07, 6.45) is 9.55. The van der Waals surface area contributed by atoms with Gasteiger partial charge in [0.15, 0.2) is 0 Å². The van der Waals surface area contributed by atoms with Crippen LogP contribution in [-0.4, -0.2) is 49.5 Å². The lowest BCUT2D eigenvalue weighted by molar-refractivity contribution is -0.227. The molecule has 6 nitrogen and oxygen atoms in total. The van der Waals surface area contributed by atoms with Gasteiger partial charge < -0.3 is 25.5 Å². The van der Waals surface area contributed by atoms with E-state index in [1.165, 1.54) is 18.4 Å². The van der Waals surface area contributed by atoms with E-state index in [0.717, 1.165) is 38.5 Å². The SMILES string of the molecule is C=C1/C(=C\C=C2/CCC[C@]3(C)[C@@H]([C@H](C)CCC[C@@H](C)C(=O)O)CC[C@@H]23)C[C@@H](O)C(O)C1(O)O. The summed E-state index contributed by atoms with van der Waals surface area (Å²) in [7, 11) is 0. The summed E-state index contributed by atoms with van der Waals surface area (Å²) in [6, 6.07) is 0. The maximum atomic E-state index is 11.1. The molecule has 0 aromatic carbocycles. The maximum absolute atomic E-state index is 11.1. The number of aliphatic carboxylic acids is 1. The predicted octanol–water partition coefficient (Wildman–Crippen LogP) is 3.95. The first-order valence-corrected chi connectivity index (χ1v) is 12.5. The molecule has 0 bridgehead atoms. The zero-order chi connectivity index (χ0) is 24.6. The van der Waals surface area contributed by atoms with Crippen LogP contribution in [0.4, 0.5) is 0 Å². The maximum Gasteiger partial charge on any atom is 0.306 e. The molecular formula is C27H42O6. The topological polar surface area (TPSA) is 118 Å². The molecule has 3 aliphatic carbocycles. The predicted molar refractivity (Wildman–Crippen MR) is 127 cm³/mol. The average molecular weight is 463 g/mol. The van der Waals surface area contributed by atoms with Gasteiger partial charge in [-0.1, -0.05) is 57.9 Å². The number of allylic oxidation sites excluding steroid dienone is 3. The highest BCUT2D eigenvalue weighted by Crippen LogP contribution is 2.60. The molecule has 33 heavy (non-hydrogen) atoms. The third-order valence-electron chi connectivity index (χ3n) is 8.98. The van der Waals surface area contributed by atoms with Crippen molar-refractivity contribution in [3.05, 3.63) is 35.5 Å². The van der Waals surface area contributed by atoms with E-state index in [9.17, 15) is 25.2 Å². The first-order chi connectivity index (χ1) is 15.4. The standard InChI is InChI=1S/C27H42O6/c1-16(7-5-8-17(2)25(30)31)21-12-13-22-19(9-6-14-26(21,22)4)10-11-20-15-23(28)24(29)27(32,33)18(20)3/h10-11,16-17,21-24,28-29,32-33H,3,5-9,12-15H2,1-2,4H3,(H,30,31)/b19-10+,20-11-/t16-,17-,21-,22+,23-,24?,26-/m1/s1. The fourth-order valence-corrected chi connectivity index (χ4v) is 6.80. The minimum absolute atomic E-state index is 0.0456. The van der Waals surface area contributed by atoms with Gasteiger partial charge in [-0.25, -0.2) is 0 Å². The molecule has 6 heteroatoms. The molecule has 3 fully saturated rings. The second kappa shape index (κ2) is 10.0. The molecule has 0 aliphatic heterocycles. The Morgan fingerprint density at radius 1 is 1.18 bits per heavy atom. The zero-order valence-electron chi connectivity index (χ0n) is 20.3. The first kappa shape index (κ1) is 26.1. The monoisotopic (exact) mass is 462 g/mol. The molecule has 5 N–H and O–H groups in total. The van der Waals surface area contributed by atoms with Gasteiger partial charge in [-0.15, -0.1) is 0 Å². The van der Waals surface area contributed by atoms with Crippen LogP contribution in [-0.2, 0) is 4.79 Å². The lowest BCUT2D eigenvalue weighted by atomic mass is 9.60. The van der Waals surface area contributed by atoms with Crippen molar-refractivity contribution in [1.29, 1.82) is 0 Å². The number of carboxylic acids is 1. The molecule has 1 unspecified atom stereocenters. The summed E-state index contributed by atoms with van der Waals surface area (Å²) in [5, 5.41) is 49.4. The van der Waals surface area contributed by atoms with E-state index in [1.54, 1.807) is 6.92 Å². The lowest BCUT2D eigenvalue weighted by Gasteiger charge is -2.44. The van der Waals surface area contributed by atoms with Crippen LogP contribution in [0.25, 0.3) is 0 Å². The van der Waals surface area contributed by atoms with Gasteiger partial charge in [0.05, 0.1) is 12.0 Å². The Bertz CT molecular complexity index is 811. The third kappa shape index (κ3) is 5.14. The smallest absolute Gasteiger partial charge is 0.306 e. The number of hydrogen-bond acceptors (Lipinski definition) is 5. The van der Waals surface area contributed by atoms with Crippen LogP contribution < -0.4 is 0 Å². The molecule has 0 radical (unpaired) electrons. The lowest BCUT2D eigenvalue weighted by Crippen LogP contribution is -2.54. The minimum atomic E-state index is -2.52. The quantitative estimate of drug-likeness (QED) is 0.366. The Labute approximate surface area is 197 Å². The molecule has 3 aliphatic rings. The summed E-state index contributed by atoms with van der Waals surface area (Å²) in [5.74, 6) is -1.87. The second-order valence-corrected chi connectivity index (χ2v) is 11.1. The van der Waals surface area contributed by atoms with E-state index in [0.29, 0.717) is 23.3 Å². The number of fused-ring (bicyclic) bond motifs is 1. The Morgan fingerprint density at radius 2 is 1.88 bits per heavy atom. The molecule has 3 saturated carbocycles. The molecule has 186 valence electrons. The molecular weight excluding hydrogens is 420 g/mol. The first-order valence-electron chi connectivity index (χ1n) is 12.5. The summed E-state index contributed by atoms with van der Waals surface area (Å²) in [4.78, 5) is 11.1. The van der Waals surface area contributed by atoms with Crippen molar-refractivity contribution < 1.29 is 30.3 Å². The number of carboxylic acid groups (broad SMARTS) is 1. The largest absolute Gasteiger partial charge is 0.481 e. The van der Waals surface area contributed by atoms with Crippen LogP contribution >= 0.6 is 0 Å². The van der Waals surface area contributed by atoms with E-state index in [1.807, 2.05) is 6.08 Å². The van der Waals surface area contributed by atoms with Crippen LogP contribution in [0.15, 0.2) is 35.5 Å². The van der Waals surface area contributed by atoms with E-state index in [2.05, 4.69) is 26.5 Å². The zero-order valence-corrected chi connectivity index (χ0v) is 20.3. The number of carbonyl (C=O) groups is 1. The van der Waals surface area contributed by atoms with Gasteiger partial charge in [0.1, 0.15) is 6.10 Å². The van der Waals surface area contributed by atoms with Gasteiger partial charge >= 0.3 is 5.97 Å². The van der Waals surface area contributed by atoms with E-state index in [4.69, 9.17) is 5.11 Å². The van der Waals surface area contributed by atoms with Crippen molar-refractivity contribution in [1.82, 2.24) is 0 Å². The van der Waals surface area contributed by atoms with Crippen LogP contribution in [0, 0.1) is 29.1 Å². The fourth-order valence-electron chi connectivity index (χ4n) is 6.80. The van der Waals surface area contributed by atoms with Crippen LogP contribution in [0.5, 0.6) is 0 Å². The average Bonchev–Trinajstić information content (AvgIpc) is 3.11. The van der Waals surface area contributed by atoms with Gasteiger partial charge in [0.25, 0.3) is 0 Å². The van der Waals surface area contributed by atoms with Crippen molar-refractivity contribution in [2.45, 2.75) is 96.6 Å². The van der Waals surface area contributed by atoms with Gasteiger partial charge in [0, 0.05) is 12.0 Å².